The quantitative estimate of drug-likeness (QED) is 0.784. The van der Waals surface area contributed by atoms with Crippen molar-refractivity contribution in [1.82, 2.24) is 0 Å². The molecule has 5 heteroatoms. The van der Waals surface area contributed by atoms with E-state index in [0.717, 1.165) is 31.2 Å². The molecule has 1 aliphatic carbocycles. The standard InChI is InChI=1S/C19H29NO3S/c1-7-19(4,5)12-8-9-13-14(10-12)24-17(15(13)18(22)23-6)20-16(21)11(2)3/h11-12H,7-10H2,1-6H3,(H,20,21). The van der Waals surface area contributed by atoms with Crippen LogP contribution in [-0.2, 0) is 22.4 Å². The van der Waals surface area contributed by atoms with E-state index in [0.29, 0.717) is 16.5 Å². The van der Waals surface area contributed by atoms with Gasteiger partial charge in [0.2, 0.25) is 5.91 Å². The van der Waals surface area contributed by atoms with Crippen molar-refractivity contribution in [3.05, 3.63) is 16.0 Å². The lowest BCUT2D eigenvalue weighted by atomic mass is 9.69. The van der Waals surface area contributed by atoms with Crippen LogP contribution in [0.2, 0.25) is 0 Å². The molecule has 0 radical (unpaired) electrons. The maximum absolute atomic E-state index is 12.3. The Labute approximate surface area is 149 Å². The number of esters is 1. The fraction of sp³-hybridized carbons (Fsp3) is 0.684. The van der Waals surface area contributed by atoms with Crippen molar-refractivity contribution in [2.24, 2.45) is 17.3 Å². The summed E-state index contributed by atoms with van der Waals surface area (Å²) in [6, 6.07) is 0. The lowest BCUT2D eigenvalue weighted by molar-refractivity contribution is -0.118. The Kier molecular flexibility index (Phi) is 5.74. The van der Waals surface area contributed by atoms with E-state index in [1.165, 1.54) is 12.0 Å². The summed E-state index contributed by atoms with van der Waals surface area (Å²) in [5.41, 5.74) is 1.93. The van der Waals surface area contributed by atoms with Gasteiger partial charge < -0.3 is 10.1 Å². The predicted molar refractivity (Wildman–Crippen MR) is 98.7 cm³/mol. The number of fused-ring (bicyclic) bond motifs is 1. The van der Waals surface area contributed by atoms with Gasteiger partial charge in [-0.05, 0) is 36.2 Å². The second-order valence-corrected chi connectivity index (χ2v) is 8.73. The number of ether oxygens (including phenoxy) is 1. The minimum Gasteiger partial charge on any atom is -0.465 e. The van der Waals surface area contributed by atoms with Crippen molar-refractivity contribution >= 4 is 28.2 Å². The van der Waals surface area contributed by atoms with Crippen molar-refractivity contribution < 1.29 is 14.3 Å². The molecule has 0 fully saturated rings. The monoisotopic (exact) mass is 351 g/mol. The normalized spacial score (nSPS) is 17.5. The van der Waals surface area contributed by atoms with Crippen molar-refractivity contribution in [1.29, 1.82) is 0 Å². The Balaban J connectivity index is 2.38. The number of amides is 1. The largest absolute Gasteiger partial charge is 0.465 e. The van der Waals surface area contributed by atoms with E-state index in [4.69, 9.17) is 4.74 Å². The van der Waals surface area contributed by atoms with Crippen LogP contribution in [0.3, 0.4) is 0 Å². The van der Waals surface area contributed by atoms with Gasteiger partial charge in [0.15, 0.2) is 0 Å². The highest BCUT2D eigenvalue weighted by Crippen LogP contribution is 2.45. The third-order valence-corrected chi connectivity index (χ3v) is 6.60. The Morgan fingerprint density at radius 3 is 2.58 bits per heavy atom. The molecular weight excluding hydrogens is 322 g/mol. The number of carbonyl (C=O) groups excluding carboxylic acids is 2. The number of methoxy groups -OCH3 is 1. The molecule has 0 aromatic carbocycles. The number of hydrogen-bond donors (Lipinski definition) is 1. The molecule has 134 valence electrons. The van der Waals surface area contributed by atoms with Gasteiger partial charge in [-0.2, -0.15) is 0 Å². The molecule has 4 nitrogen and oxygen atoms in total. The summed E-state index contributed by atoms with van der Waals surface area (Å²) < 4.78 is 4.98. The average molecular weight is 352 g/mol. The van der Waals surface area contributed by atoms with E-state index in [-0.39, 0.29) is 23.2 Å². The third kappa shape index (κ3) is 3.66. The zero-order valence-corrected chi connectivity index (χ0v) is 16.4. The van der Waals surface area contributed by atoms with E-state index >= 15 is 0 Å². The number of anilines is 1. The molecule has 0 spiro atoms. The summed E-state index contributed by atoms with van der Waals surface area (Å²) in [6.07, 6.45) is 4.07. The van der Waals surface area contributed by atoms with Gasteiger partial charge in [0.05, 0.1) is 12.7 Å². The van der Waals surface area contributed by atoms with Gasteiger partial charge in [0.25, 0.3) is 0 Å². The van der Waals surface area contributed by atoms with E-state index < -0.39 is 0 Å². The first-order valence-electron chi connectivity index (χ1n) is 8.75. The van der Waals surface area contributed by atoms with Gasteiger partial charge in [-0.3, -0.25) is 4.79 Å². The van der Waals surface area contributed by atoms with Crippen molar-refractivity contribution in [2.45, 2.75) is 60.3 Å². The molecule has 24 heavy (non-hydrogen) atoms. The molecule has 1 aliphatic rings. The van der Waals surface area contributed by atoms with E-state index in [1.54, 1.807) is 11.3 Å². The van der Waals surface area contributed by atoms with Gasteiger partial charge in [0.1, 0.15) is 5.00 Å². The summed E-state index contributed by atoms with van der Waals surface area (Å²) >= 11 is 1.55. The summed E-state index contributed by atoms with van der Waals surface area (Å²) in [4.78, 5) is 25.6. The second-order valence-electron chi connectivity index (χ2n) is 7.63. The Hall–Kier alpha value is -1.36. The van der Waals surface area contributed by atoms with Crippen LogP contribution in [0, 0.1) is 17.3 Å². The molecule has 1 aromatic rings. The van der Waals surface area contributed by atoms with E-state index in [1.807, 2.05) is 13.8 Å². The van der Waals surface area contributed by atoms with Gasteiger partial charge in [0, 0.05) is 10.8 Å². The molecule has 0 saturated heterocycles. The summed E-state index contributed by atoms with van der Waals surface area (Å²) in [7, 11) is 1.40. The second kappa shape index (κ2) is 7.26. The highest BCUT2D eigenvalue weighted by atomic mass is 32.1. The van der Waals surface area contributed by atoms with Gasteiger partial charge in [-0.15, -0.1) is 11.3 Å². The number of thiophene rings is 1. The molecule has 1 amide bonds. The predicted octanol–water partition coefficient (Wildman–Crippen LogP) is 4.67. The molecule has 1 heterocycles. The molecular formula is C19H29NO3S. The van der Waals surface area contributed by atoms with Crippen LogP contribution in [-0.4, -0.2) is 19.0 Å². The smallest absolute Gasteiger partial charge is 0.341 e. The molecule has 1 aromatic heterocycles. The van der Waals surface area contributed by atoms with Crippen molar-refractivity contribution in [3.8, 4) is 0 Å². The number of hydrogen-bond acceptors (Lipinski definition) is 4. The van der Waals surface area contributed by atoms with E-state index in [9.17, 15) is 9.59 Å². The van der Waals surface area contributed by atoms with Crippen molar-refractivity contribution in [3.63, 3.8) is 0 Å². The van der Waals surface area contributed by atoms with Crippen LogP contribution in [0.4, 0.5) is 5.00 Å². The lowest BCUT2D eigenvalue weighted by Crippen LogP contribution is -2.28. The molecule has 1 atom stereocenters. The Morgan fingerprint density at radius 1 is 1.38 bits per heavy atom. The zero-order chi connectivity index (χ0) is 18.1. The lowest BCUT2D eigenvalue weighted by Gasteiger charge is -2.36. The first-order chi connectivity index (χ1) is 11.2. The molecule has 1 N–H and O–H groups in total. The topological polar surface area (TPSA) is 55.4 Å². The minimum atomic E-state index is -0.347. The van der Waals surface area contributed by atoms with Crippen LogP contribution >= 0.6 is 11.3 Å². The molecule has 1 unspecified atom stereocenters. The first kappa shape index (κ1) is 19.0. The summed E-state index contributed by atoms with van der Waals surface area (Å²) in [6.45, 7) is 10.6. The summed E-state index contributed by atoms with van der Waals surface area (Å²) in [5, 5.41) is 3.58. The fourth-order valence-corrected chi connectivity index (χ4v) is 4.52. The minimum absolute atomic E-state index is 0.0656. The van der Waals surface area contributed by atoms with Crippen molar-refractivity contribution in [2.75, 3.05) is 12.4 Å². The molecule has 0 bridgehead atoms. The maximum Gasteiger partial charge on any atom is 0.341 e. The molecule has 0 saturated carbocycles. The zero-order valence-electron chi connectivity index (χ0n) is 15.6. The SMILES string of the molecule is CCC(C)(C)C1CCc2c(sc(NC(=O)C(C)C)c2C(=O)OC)C1. The first-order valence-corrected chi connectivity index (χ1v) is 9.56. The van der Waals surface area contributed by atoms with Gasteiger partial charge in [-0.1, -0.05) is 41.0 Å². The Bertz CT molecular complexity index is 631. The summed E-state index contributed by atoms with van der Waals surface area (Å²) in [5.74, 6) is 0.0677. The fourth-order valence-electron chi connectivity index (χ4n) is 3.20. The van der Waals surface area contributed by atoms with E-state index in [2.05, 4.69) is 26.1 Å². The number of carbonyl (C=O) groups is 2. The van der Waals surface area contributed by atoms with Crippen LogP contribution < -0.4 is 5.32 Å². The van der Waals surface area contributed by atoms with Gasteiger partial charge >= 0.3 is 5.97 Å². The van der Waals surface area contributed by atoms with Crippen LogP contribution in [0.5, 0.6) is 0 Å². The maximum atomic E-state index is 12.3. The molecule has 2 rings (SSSR count). The third-order valence-electron chi connectivity index (χ3n) is 5.43. The number of rotatable bonds is 5. The van der Waals surface area contributed by atoms with Crippen LogP contribution in [0.1, 0.15) is 68.3 Å². The number of nitrogens with one attached hydrogen (secondary N) is 1. The van der Waals surface area contributed by atoms with Crippen LogP contribution in [0.25, 0.3) is 0 Å². The van der Waals surface area contributed by atoms with Crippen LogP contribution in [0.15, 0.2) is 0 Å². The van der Waals surface area contributed by atoms with Gasteiger partial charge in [-0.25, -0.2) is 4.79 Å². The Morgan fingerprint density at radius 2 is 2.04 bits per heavy atom. The molecule has 0 aliphatic heterocycles. The highest BCUT2D eigenvalue weighted by molar-refractivity contribution is 7.17. The average Bonchev–Trinajstić information content (AvgIpc) is 2.90. The highest BCUT2D eigenvalue weighted by Gasteiger charge is 2.35.